The summed E-state index contributed by atoms with van der Waals surface area (Å²) >= 11 is 0. The summed E-state index contributed by atoms with van der Waals surface area (Å²) in [6.45, 7) is 0. The van der Waals surface area contributed by atoms with E-state index in [0.717, 1.165) is 5.56 Å². The molecule has 2 heteroatoms. The van der Waals surface area contributed by atoms with Crippen LogP contribution < -0.4 is 0 Å². The molecular weight excluding hydrogens is 143 g/mol. The van der Waals surface area contributed by atoms with Gasteiger partial charge in [-0.3, -0.25) is 0 Å². The fourth-order valence-corrected chi connectivity index (χ4v) is 0.721. The Morgan fingerprint density at radius 2 is 1.91 bits per heavy atom. The van der Waals surface area contributed by atoms with E-state index in [1.165, 1.54) is 12.1 Å². The van der Waals surface area contributed by atoms with E-state index in [-0.39, 0.29) is 5.82 Å². The van der Waals surface area contributed by atoms with Crippen LogP contribution in [-0.2, 0) is 4.74 Å². The van der Waals surface area contributed by atoms with Gasteiger partial charge in [0.15, 0.2) is 0 Å². The van der Waals surface area contributed by atoms with Crippen molar-refractivity contribution in [1.82, 2.24) is 0 Å². The Hall–Kier alpha value is -1.31. The van der Waals surface area contributed by atoms with Gasteiger partial charge in [-0.25, -0.2) is 4.39 Å². The third-order valence-electron chi connectivity index (χ3n) is 1.27. The van der Waals surface area contributed by atoms with Crippen LogP contribution in [0.3, 0.4) is 0 Å². The summed E-state index contributed by atoms with van der Waals surface area (Å²) in [6.07, 6.45) is 3.31. The molecule has 0 unspecified atom stereocenters. The summed E-state index contributed by atoms with van der Waals surface area (Å²) in [7, 11) is 1.57. The SMILES string of the molecule is CO/C=C\c1ccc(F)cc1. The topological polar surface area (TPSA) is 9.23 Å². The van der Waals surface area contributed by atoms with Gasteiger partial charge in [-0.05, 0) is 23.8 Å². The lowest BCUT2D eigenvalue weighted by Crippen LogP contribution is -1.74. The Labute approximate surface area is 65.1 Å². The smallest absolute Gasteiger partial charge is 0.123 e. The molecule has 1 aromatic carbocycles. The second-order valence-electron chi connectivity index (χ2n) is 2.09. The molecule has 0 saturated carbocycles. The van der Waals surface area contributed by atoms with Crippen LogP contribution in [0.2, 0.25) is 0 Å². The zero-order valence-electron chi connectivity index (χ0n) is 6.25. The molecule has 0 aliphatic heterocycles. The third kappa shape index (κ3) is 2.42. The van der Waals surface area contributed by atoms with Gasteiger partial charge in [0, 0.05) is 0 Å². The Morgan fingerprint density at radius 3 is 2.45 bits per heavy atom. The lowest BCUT2D eigenvalue weighted by Gasteiger charge is -1.91. The first-order valence-corrected chi connectivity index (χ1v) is 3.28. The van der Waals surface area contributed by atoms with Gasteiger partial charge in [-0.2, -0.15) is 0 Å². The summed E-state index contributed by atoms with van der Waals surface area (Å²) < 4.78 is 17.1. The molecule has 0 heterocycles. The molecule has 11 heavy (non-hydrogen) atoms. The van der Waals surface area contributed by atoms with Crippen LogP contribution in [0, 0.1) is 5.82 Å². The number of benzene rings is 1. The highest BCUT2D eigenvalue weighted by atomic mass is 19.1. The van der Waals surface area contributed by atoms with Gasteiger partial charge in [-0.1, -0.05) is 12.1 Å². The van der Waals surface area contributed by atoms with Crippen molar-refractivity contribution in [2.75, 3.05) is 7.11 Å². The molecule has 0 fully saturated rings. The number of ether oxygens (including phenoxy) is 1. The largest absolute Gasteiger partial charge is 0.504 e. The molecule has 1 rings (SSSR count). The van der Waals surface area contributed by atoms with E-state index < -0.39 is 0 Å². The van der Waals surface area contributed by atoms with Crippen molar-refractivity contribution >= 4 is 6.08 Å². The van der Waals surface area contributed by atoms with Crippen molar-refractivity contribution in [2.24, 2.45) is 0 Å². The van der Waals surface area contributed by atoms with Crippen LogP contribution in [0.5, 0.6) is 0 Å². The average molecular weight is 152 g/mol. The highest BCUT2D eigenvalue weighted by Crippen LogP contribution is 2.03. The molecule has 58 valence electrons. The first-order valence-electron chi connectivity index (χ1n) is 3.28. The van der Waals surface area contributed by atoms with Crippen molar-refractivity contribution in [3.63, 3.8) is 0 Å². The van der Waals surface area contributed by atoms with Crippen LogP contribution in [0.4, 0.5) is 4.39 Å². The molecule has 0 radical (unpaired) electrons. The van der Waals surface area contributed by atoms with Gasteiger partial charge in [-0.15, -0.1) is 0 Å². The quantitative estimate of drug-likeness (QED) is 0.591. The second kappa shape index (κ2) is 3.76. The Morgan fingerprint density at radius 1 is 1.27 bits per heavy atom. The zero-order chi connectivity index (χ0) is 8.10. The lowest BCUT2D eigenvalue weighted by molar-refractivity contribution is 0.341. The fourth-order valence-electron chi connectivity index (χ4n) is 0.721. The molecule has 0 amide bonds. The predicted octanol–water partition coefficient (Wildman–Crippen LogP) is 2.44. The number of halogens is 1. The average Bonchev–Trinajstić information content (AvgIpc) is 2.04. The highest BCUT2D eigenvalue weighted by molar-refractivity contribution is 5.47. The molecule has 0 bridgehead atoms. The molecule has 0 spiro atoms. The van der Waals surface area contributed by atoms with Crippen LogP contribution in [0.1, 0.15) is 5.56 Å². The summed E-state index contributed by atoms with van der Waals surface area (Å²) in [5.74, 6) is -0.223. The Balaban J connectivity index is 2.73. The minimum atomic E-state index is -0.223. The number of hydrogen-bond donors (Lipinski definition) is 0. The maximum absolute atomic E-state index is 12.4. The molecule has 0 aliphatic carbocycles. The van der Waals surface area contributed by atoms with Crippen molar-refractivity contribution < 1.29 is 9.13 Å². The van der Waals surface area contributed by atoms with Gasteiger partial charge in [0.05, 0.1) is 13.4 Å². The maximum atomic E-state index is 12.4. The summed E-state index contributed by atoms with van der Waals surface area (Å²) in [5.41, 5.74) is 0.924. The number of hydrogen-bond acceptors (Lipinski definition) is 1. The van der Waals surface area contributed by atoms with E-state index in [0.29, 0.717) is 0 Å². The molecule has 0 atom stereocenters. The van der Waals surface area contributed by atoms with Gasteiger partial charge in [0.25, 0.3) is 0 Å². The fraction of sp³-hybridized carbons (Fsp3) is 0.111. The lowest BCUT2D eigenvalue weighted by atomic mass is 10.2. The Kier molecular flexibility index (Phi) is 2.66. The molecule has 1 nitrogen and oxygen atoms in total. The van der Waals surface area contributed by atoms with E-state index in [1.807, 2.05) is 0 Å². The number of methoxy groups -OCH3 is 1. The highest BCUT2D eigenvalue weighted by Gasteiger charge is 1.87. The van der Waals surface area contributed by atoms with Gasteiger partial charge >= 0.3 is 0 Å². The van der Waals surface area contributed by atoms with Gasteiger partial charge in [0.1, 0.15) is 5.82 Å². The summed E-state index contributed by atoms with van der Waals surface area (Å²) in [4.78, 5) is 0. The standard InChI is InChI=1S/C9H9FO/c1-11-7-6-8-2-4-9(10)5-3-8/h2-7H,1H3/b7-6-. The van der Waals surface area contributed by atoms with E-state index in [2.05, 4.69) is 0 Å². The summed E-state index contributed by atoms with van der Waals surface area (Å²) in [6, 6.07) is 6.19. The molecule has 0 aromatic heterocycles. The number of rotatable bonds is 2. The monoisotopic (exact) mass is 152 g/mol. The molecule has 0 aliphatic rings. The van der Waals surface area contributed by atoms with Crippen molar-refractivity contribution in [3.8, 4) is 0 Å². The zero-order valence-corrected chi connectivity index (χ0v) is 6.25. The molecular formula is C9H9FO. The van der Waals surface area contributed by atoms with Crippen molar-refractivity contribution in [2.45, 2.75) is 0 Å². The van der Waals surface area contributed by atoms with Crippen LogP contribution >= 0.6 is 0 Å². The van der Waals surface area contributed by atoms with E-state index in [4.69, 9.17) is 4.74 Å². The van der Waals surface area contributed by atoms with Crippen molar-refractivity contribution in [1.29, 1.82) is 0 Å². The van der Waals surface area contributed by atoms with Crippen molar-refractivity contribution in [3.05, 3.63) is 41.9 Å². The minimum absolute atomic E-state index is 0.223. The van der Waals surface area contributed by atoms with E-state index in [9.17, 15) is 4.39 Å². The van der Waals surface area contributed by atoms with Gasteiger partial charge < -0.3 is 4.74 Å². The minimum Gasteiger partial charge on any atom is -0.504 e. The summed E-state index contributed by atoms with van der Waals surface area (Å²) in [5, 5.41) is 0. The second-order valence-corrected chi connectivity index (χ2v) is 2.09. The maximum Gasteiger partial charge on any atom is 0.123 e. The first kappa shape index (κ1) is 7.79. The Bertz CT molecular complexity index is 238. The van der Waals surface area contributed by atoms with E-state index >= 15 is 0 Å². The van der Waals surface area contributed by atoms with Crippen LogP contribution in [0.25, 0.3) is 6.08 Å². The molecule has 0 saturated heterocycles. The molecule has 0 N–H and O–H groups in total. The van der Waals surface area contributed by atoms with Crippen LogP contribution in [-0.4, -0.2) is 7.11 Å². The normalized spacial score (nSPS) is 10.4. The molecule has 1 aromatic rings. The predicted molar refractivity (Wildman–Crippen MR) is 42.4 cm³/mol. The third-order valence-corrected chi connectivity index (χ3v) is 1.27. The van der Waals surface area contributed by atoms with Crippen LogP contribution in [0.15, 0.2) is 30.5 Å². The van der Waals surface area contributed by atoms with Gasteiger partial charge in [0.2, 0.25) is 0 Å². The first-order chi connectivity index (χ1) is 5.33. The van der Waals surface area contributed by atoms with E-state index in [1.54, 1.807) is 31.6 Å².